The van der Waals surface area contributed by atoms with Crippen LogP contribution in [0.25, 0.3) is 0 Å². The number of amides is 1. The zero-order valence-corrected chi connectivity index (χ0v) is 10.9. The van der Waals surface area contributed by atoms with E-state index in [4.69, 9.17) is 11.5 Å². The molecule has 1 fully saturated rings. The molecule has 1 heterocycles. The van der Waals surface area contributed by atoms with Crippen molar-refractivity contribution >= 4 is 27.4 Å². The second-order valence-corrected chi connectivity index (χ2v) is 5.90. The molecular formula is C11H15N3O4S. The highest BCUT2D eigenvalue weighted by Crippen LogP contribution is 2.32. The average molecular weight is 285 g/mol. The third-order valence-corrected chi connectivity index (χ3v) is 3.99. The van der Waals surface area contributed by atoms with Crippen LogP contribution in [0, 0.1) is 5.92 Å². The molecule has 0 aromatic heterocycles. The van der Waals surface area contributed by atoms with Crippen LogP contribution in [-0.2, 0) is 14.9 Å². The van der Waals surface area contributed by atoms with Crippen molar-refractivity contribution in [1.82, 2.24) is 0 Å². The molecule has 1 aliphatic heterocycles. The van der Waals surface area contributed by atoms with E-state index < -0.39 is 10.1 Å². The fraction of sp³-hybridized carbons (Fsp3) is 0.364. The zero-order valence-electron chi connectivity index (χ0n) is 10.1. The molecule has 1 atom stereocenters. The fourth-order valence-corrected chi connectivity index (χ4v) is 2.81. The number of hydrogen-bond acceptors (Lipinski definition) is 5. The molecule has 1 aromatic rings. The maximum Gasteiger partial charge on any atom is 0.296 e. The molecule has 2 rings (SSSR count). The van der Waals surface area contributed by atoms with Gasteiger partial charge < -0.3 is 16.4 Å². The van der Waals surface area contributed by atoms with Crippen LogP contribution in [0.2, 0.25) is 0 Å². The van der Waals surface area contributed by atoms with Gasteiger partial charge in [-0.25, -0.2) is 0 Å². The van der Waals surface area contributed by atoms with Crippen molar-refractivity contribution in [2.45, 2.75) is 11.3 Å². The highest BCUT2D eigenvalue weighted by Gasteiger charge is 2.32. The van der Waals surface area contributed by atoms with Gasteiger partial charge in [0.1, 0.15) is 4.90 Å². The highest BCUT2D eigenvalue weighted by molar-refractivity contribution is 7.86. The van der Waals surface area contributed by atoms with E-state index in [0.29, 0.717) is 18.8 Å². The second-order valence-electron chi connectivity index (χ2n) is 4.51. The second kappa shape index (κ2) is 4.80. The van der Waals surface area contributed by atoms with Crippen LogP contribution in [0.1, 0.15) is 6.42 Å². The van der Waals surface area contributed by atoms with Crippen molar-refractivity contribution in [3.05, 3.63) is 18.2 Å². The molecular weight excluding hydrogens is 270 g/mol. The quantitative estimate of drug-likeness (QED) is 0.522. The lowest BCUT2D eigenvalue weighted by Gasteiger charge is -2.19. The topological polar surface area (TPSA) is 127 Å². The molecule has 1 aliphatic rings. The standard InChI is InChI=1S/C11H15N3O4S/c12-5-7-3-11(15)14(6-7)9-4-8(13)1-2-10(9)19(16,17)18/h1-2,4,7H,3,5-6,12-13H2,(H,16,17,18). The van der Waals surface area contributed by atoms with Gasteiger partial charge in [-0.3, -0.25) is 9.35 Å². The molecule has 5 N–H and O–H groups in total. The van der Waals surface area contributed by atoms with Gasteiger partial charge >= 0.3 is 0 Å². The van der Waals surface area contributed by atoms with Crippen molar-refractivity contribution in [1.29, 1.82) is 0 Å². The molecule has 0 radical (unpaired) electrons. The Kier molecular flexibility index (Phi) is 3.48. The summed E-state index contributed by atoms with van der Waals surface area (Å²) in [6.45, 7) is 0.660. The molecule has 1 unspecified atom stereocenters. The first kappa shape index (κ1) is 13.8. The van der Waals surface area contributed by atoms with Crippen LogP contribution in [0.3, 0.4) is 0 Å². The SMILES string of the molecule is NCC1CC(=O)N(c2cc(N)ccc2S(=O)(=O)O)C1. The minimum absolute atomic E-state index is 0.0248. The Labute approximate surface area is 110 Å². The minimum Gasteiger partial charge on any atom is -0.399 e. The van der Waals surface area contributed by atoms with Gasteiger partial charge in [0.05, 0.1) is 5.69 Å². The molecule has 0 spiro atoms. The van der Waals surface area contributed by atoms with Crippen molar-refractivity contribution in [3.63, 3.8) is 0 Å². The lowest BCUT2D eigenvalue weighted by molar-refractivity contribution is -0.117. The Morgan fingerprint density at radius 3 is 2.63 bits per heavy atom. The average Bonchev–Trinajstić information content (AvgIpc) is 2.68. The van der Waals surface area contributed by atoms with E-state index in [-0.39, 0.29) is 28.8 Å². The number of hydrogen-bond donors (Lipinski definition) is 3. The third kappa shape index (κ3) is 2.70. The predicted molar refractivity (Wildman–Crippen MR) is 70.2 cm³/mol. The maximum absolute atomic E-state index is 11.9. The number of carbonyl (C=O) groups excluding carboxylic acids is 1. The minimum atomic E-state index is -4.42. The van der Waals surface area contributed by atoms with Gasteiger partial charge in [0.15, 0.2) is 0 Å². The number of nitrogens with zero attached hydrogens (tertiary/aromatic N) is 1. The summed E-state index contributed by atoms with van der Waals surface area (Å²) in [5.74, 6) is -0.255. The van der Waals surface area contributed by atoms with Crippen LogP contribution < -0.4 is 16.4 Å². The van der Waals surface area contributed by atoms with Crippen molar-refractivity contribution in [3.8, 4) is 0 Å². The summed E-state index contributed by atoms with van der Waals surface area (Å²) in [4.78, 5) is 12.9. The first-order valence-electron chi connectivity index (χ1n) is 5.70. The molecule has 0 aliphatic carbocycles. The Morgan fingerprint density at radius 2 is 2.11 bits per heavy atom. The summed E-state index contributed by atoms with van der Waals surface area (Å²) >= 11 is 0. The number of nitrogens with two attached hydrogens (primary N) is 2. The summed E-state index contributed by atoms with van der Waals surface area (Å²) in [5, 5.41) is 0. The van der Waals surface area contributed by atoms with E-state index in [1.165, 1.54) is 23.1 Å². The molecule has 7 nitrogen and oxygen atoms in total. The monoisotopic (exact) mass is 285 g/mol. The third-order valence-electron chi connectivity index (χ3n) is 3.09. The van der Waals surface area contributed by atoms with Crippen molar-refractivity contribution < 1.29 is 17.8 Å². The predicted octanol–water partition coefficient (Wildman–Crippen LogP) is -0.173. The summed E-state index contributed by atoms with van der Waals surface area (Å²) in [5.41, 5.74) is 11.5. The van der Waals surface area contributed by atoms with Gasteiger partial charge in [-0.05, 0) is 30.7 Å². The van der Waals surface area contributed by atoms with E-state index in [1.54, 1.807) is 0 Å². The summed E-state index contributed by atoms with van der Waals surface area (Å²) in [6.07, 6.45) is 0.260. The maximum atomic E-state index is 11.9. The summed E-state index contributed by atoms with van der Waals surface area (Å²) in [7, 11) is -4.42. The number of rotatable bonds is 3. The molecule has 1 saturated heterocycles. The van der Waals surface area contributed by atoms with Crippen molar-refractivity contribution in [2.24, 2.45) is 11.7 Å². The van der Waals surface area contributed by atoms with E-state index in [1.807, 2.05) is 0 Å². The lowest BCUT2D eigenvalue weighted by atomic mass is 10.1. The van der Waals surface area contributed by atoms with Gasteiger partial charge in [-0.15, -0.1) is 0 Å². The van der Waals surface area contributed by atoms with Crippen LogP contribution in [0.4, 0.5) is 11.4 Å². The van der Waals surface area contributed by atoms with E-state index in [0.717, 1.165) is 0 Å². The van der Waals surface area contributed by atoms with E-state index >= 15 is 0 Å². The molecule has 1 aromatic carbocycles. The molecule has 104 valence electrons. The summed E-state index contributed by atoms with van der Waals surface area (Å²) in [6, 6.07) is 3.90. The molecule has 19 heavy (non-hydrogen) atoms. The van der Waals surface area contributed by atoms with Gasteiger partial charge in [-0.2, -0.15) is 8.42 Å². The Morgan fingerprint density at radius 1 is 1.42 bits per heavy atom. The van der Waals surface area contributed by atoms with Gasteiger partial charge in [0.25, 0.3) is 10.1 Å². The number of benzene rings is 1. The molecule has 8 heteroatoms. The Hall–Kier alpha value is -1.64. The normalized spacial score (nSPS) is 20.0. The smallest absolute Gasteiger partial charge is 0.296 e. The largest absolute Gasteiger partial charge is 0.399 e. The summed E-state index contributed by atoms with van der Waals surface area (Å²) < 4.78 is 31.9. The lowest BCUT2D eigenvalue weighted by Crippen LogP contribution is -2.27. The first-order chi connectivity index (χ1) is 8.82. The first-order valence-corrected chi connectivity index (χ1v) is 7.14. The Balaban J connectivity index is 2.50. The van der Waals surface area contributed by atoms with Crippen LogP contribution in [0.5, 0.6) is 0 Å². The molecule has 1 amide bonds. The number of anilines is 2. The zero-order chi connectivity index (χ0) is 14.2. The Bertz CT molecular complexity index is 614. The van der Waals surface area contributed by atoms with Gasteiger partial charge in [0.2, 0.25) is 5.91 Å². The van der Waals surface area contributed by atoms with Gasteiger partial charge in [0, 0.05) is 18.7 Å². The fourth-order valence-electron chi connectivity index (χ4n) is 2.14. The van der Waals surface area contributed by atoms with Crippen LogP contribution >= 0.6 is 0 Å². The van der Waals surface area contributed by atoms with Gasteiger partial charge in [-0.1, -0.05) is 0 Å². The molecule has 0 bridgehead atoms. The van der Waals surface area contributed by atoms with E-state index in [9.17, 15) is 17.8 Å². The van der Waals surface area contributed by atoms with Crippen LogP contribution in [-0.4, -0.2) is 32.0 Å². The van der Waals surface area contributed by atoms with Crippen LogP contribution in [0.15, 0.2) is 23.1 Å². The van der Waals surface area contributed by atoms with Crippen molar-refractivity contribution in [2.75, 3.05) is 23.7 Å². The number of nitrogen functional groups attached to an aromatic ring is 1. The highest BCUT2D eigenvalue weighted by atomic mass is 32.2. The van der Waals surface area contributed by atoms with E-state index in [2.05, 4.69) is 0 Å². The molecule has 0 saturated carbocycles. The number of carbonyl (C=O) groups is 1.